The lowest BCUT2D eigenvalue weighted by Crippen LogP contribution is -2.26. The van der Waals surface area contributed by atoms with Crippen molar-refractivity contribution in [3.05, 3.63) is 66.0 Å². The molecule has 0 atom stereocenters. The van der Waals surface area contributed by atoms with Crippen LogP contribution in [0.25, 0.3) is 5.69 Å². The summed E-state index contributed by atoms with van der Waals surface area (Å²) in [7, 11) is 3.39. The minimum atomic E-state index is -0.0762. The fourth-order valence-corrected chi connectivity index (χ4v) is 2.40. The molecule has 1 amide bonds. The first-order chi connectivity index (χ1) is 11.7. The number of aromatic nitrogens is 4. The van der Waals surface area contributed by atoms with Gasteiger partial charge in [0.05, 0.1) is 12.8 Å². The monoisotopic (exact) mass is 323 g/mol. The first-order valence-corrected chi connectivity index (χ1v) is 7.39. The zero-order valence-electron chi connectivity index (χ0n) is 13.5. The molecule has 1 aromatic heterocycles. The molecule has 0 spiro atoms. The summed E-state index contributed by atoms with van der Waals surface area (Å²) < 4.78 is 6.73. The molecular weight excluding hydrogens is 306 g/mol. The number of carbonyl (C=O) groups excluding carboxylic acids is 1. The quantitative estimate of drug-likeness (QED) is 0.717. The number of methoxy groups -OCH3 is 1. The van der Waals surface area contributed by atoms with Crippen LogP contribution >= 0.6 is 0 Å². The molecule has 7 nitrogen and oxygen atoms in total. The zero-order valence-corrected chi connectivity index (χ0v) is 13.5. The van der Waals surface area contributed by atoms with Crippen LogP contribution < -0.4 is 4.74 Å². The van der Waals surface area contributed by atoms with Gasteiger partial charge in [-0.2, -0.15) is 0 Å². The third-order valence-electron chi connectivity index (χ3n) is 3.61. The summed E-state index contributed by atoms with van der Waals surface area (Å²) >= 11 is 0. The van der Waals surface area contributed by atoms with E-state index >= 15 is 0 Å². The van der Waals surface area contributed by atoms with Gasteiger partial charge in [-0.05, 0) is 46.3 Å². The first kappa shape index (κ1) is 15.7. The third-order valence-corrected chi connectivity index (χ3v) is 3.61. The molecule has 0 unspecified atom stereocenters. The van der Waals surface area contributed by atoms with Crippen molar-refractivity contribution in [3.63, 3.8) is 0 Å². The van der Waals surface area contributed by atoms with Crippen molar-refractivity contribution in [1.82, 2.24) is 25.1 Å². The predicted octanol–water partition coefficient (Wildman–Crippen LogP) is 1.94. The standard InChI is InChI=1S/C17H17N5O2/c1-21(11-13-5-3-8-16(9-13)24-2)17(23)14-6-4-7-15(10-14)22-12-18-19-20-22/h3-10,12H,11H2,1-2H3. The van der Waals surface area contributed by atoms with Crippen molar-refractivity contribution < 1.29 is 9.53 Å². The highest BCUT2D eigenvalue weighted by Gasteiger charge is 2.13. The number of carbonyl (C=O) groups is 1. The summed E-state index contributed by atoms with van der Waals surface area (Å²) in [5, 5.41) is 11.0. The van der Waals surface area contributed by atoms with E-state index in [1.54, 1.807) is 31.2 Å². The van der Waals surface area contributed by atoms with Gasteiger partial charge in [-0.3, -0.25) is 4.79 Å². The number of ether oxygens (including phenoxy) is 1. The predicted molar refractivity (Wildman–Crippen MR) is 87.9 cm³/mol. The minimum Gasteiger partial charge on any atom is -0.497 e. The van der Waals surface area contributed by atoms with Gasteiger partial charge >= 0.3 is 0 Å². The Kier molecular flexibility index (Phi) is 4.51. The maximum absolute atomic E-state index is 12.7. The van der Waals surface area contributed by atoms with Gasteiger partial charge in [-0.15, -0.1) is 5.10 Å². The molecule has 2 aromatic carbocycles. The Labute approximate surface area is 139 Å². The summed E-state index contributed by atoms with van der Waals surface area (Å²) in [5.41, 5.74) is 2.32. The molecule has 122 valence electrons. The normalized spacial score (nSPS) is 10.4. The Balaban J connectivity index is 1.77. The fraction of sp³-hybridized carbons (Fsp3) is 0.176. The van der Waals surface area contributed by atoms with E-state index in [1.807, 2.05) is 36.4 Å². The van der Waals surface area contributed by atoms with Crippen LogP contribution in [0.2, 0.25) is 0 Å². The number of tetrazole rings is 1. The SMILES string of the molecule is COc1cccc(CN(C)C(=O)c2cccc(-n3cnnn3)c2)c1. The maximum atomic E-state index is 12.7. The van der Waals surface area contributed by atoms with E-state index in [2.05, 4.69) is 15.5 Å². The van der Waals surface area contributed by atoms with E-state index in [4.69, 9.17) is 4.74 Å². The molecule has 1 heterocycles. The van der Waals surface area contributed by atoms with E-state index in [0.717, 1.165) is 17.0 Å². The van der Waals surface area contributed by atoms with E-state index in [-0.39, 0.29) is 5.91 Å². The van der Waals surface area contributed by atoms with Crippen LogP contribution in [0.15, 0.2) is 54.9 Å². The number of amides is 1. The lowest BCUT2D eigenvalue weighted by Gasteiger charge is -2.18. The van der Waals surface area contributed by atoms with Crippen molar-refractivity contribution in [3.8, 4) is 11.4 Å². The molecule has 0 radical (unpaired) electrons. The van der Waals surface area contributed by atoms with Crippen LogP contribution in [0.1, 0.15) is 15.9 Å². The lowest BCUT2D eigenvalue weighted by molar-refractivity contribution is 0.0785. The Morgan fingerprint density at radius 1 is 1.21 bits per heavy atom. The minimum absolute atomic E-state index is 0.0762. The van der Waals surface area contributed by atoms with Crippen molar-refractivity contribution in [1.29, 1.82) is 0 Å². The number of rotatable bonds is 5. The topological polar surface area (TPSA) is 73.1 Å². The van der Waals surface area contributed by atoms with Gasteiger partial charge in [0.1, 0.15) is 12.1 Å². The van der Waals surface area contributed by atoms with Gasteiger partial charge in [0, 0.05) is 19.2 Å². The summed E-state index contributed by atoms with van der Waals surface area (Å²) in [6, 6.07) is 14.9. The third kappa shape index (κ3) is 3.40. The number of hydrogen-bond donors (Lipinski definition) is 0. The zero-order chi connectivity index (χ0) is 16.9. The summed E-state index contributed by atoms with van der Waals surface area (Å²) in [4.78, 5) is 14.3. The number of benzene rings is 2. The second kappa shape index (κ2) is 6.91. The molecule has 0 saturated heterocycles. The molecular formula is C17H17N5O2. The summed E-state index contributed by atoms with van der Waals surface area (Å²) in [6.45, 7) is 0.491. The first-order valence-electron chi connectivity index (χ1n) is 7.39. The molecule has 3 rings (SSSR count). The van der Waals surface area contributed by atoms with Gasteiger partial charge in [-0.25, -0.2) is 4.68 Å². The maximum Gasteiger partial charge on any atom is 0.253 e. The molecule has 0 bridgehead atoms. The Morgan fingerprint density at radius 2 is 2.04 bits per heavy atom. The van der Waals surface area contributed by atoms with E-state index in [1.165, 1.54) is 11.0 Å². The molecule has 0 aliphatic rings. The average molecular weight is 323 g/mol. The molecule has 24 heavy (non-hydrogen) atoms. The van der Waals surface area contributed by atoms with Gasteiger partial charge in [-0.1, -0.05) is 18.2 Å². The van der Waals surface area contributed by atoms with Crippen LogP contribution in [0.5, 0.6) is 5.75 Å². The van der Waals surface area contributed by atoms with Crippen LogP contribution in [0.4, 0.5) is 0 Å². The summed E-state index contributed by atoms with van der Waals surface area (Å²) in [6.07, 6.45) is 1.49. The van der Waals surface area contributed by atoms with E-state index < -0.39 is 0 Å². The van der Waals surface area contributed by atoms with Gasteiger partial charge < -0.3 is 9.64 Å². The van der Waals surface area contributed by atoms with Gasteiger partial charge in [0.15, 0.2) is 0 Å². The average Bonchev–Trinajstić information content (AvgIpc) is 3.16. The Bertz CT molecular complexity index is 833. The molecule has 0 saturated carbocycles. The van der Waals surface area contributed by atoms with Gasteiger partial charge in [0.2, 0.25) is 0 Å². The largest absolute Gasteiger partial charge is 0.497 e. The van der Waals surface area contributed by atoms with E-state index in [9.17, 15) is 4.79 Å². The van der Waals surface area contributed by atoms with Crippen LogP contribution in [-0.2, 0) is 6.54 Å². The highest BCUT2D eigenvalue weighted by molar-refractivity contribution is 5.94. The van der Waals surface area contributed by atoms with Gasteiger partial charge in [0.25, 0.3) is 5.91 Å². The van der Waals surface area contributed by atoms with E-state index in [0.29, 0.717) is 12.1 Å². The van der Waals surface area contributed by atoms with Crippen molar-refractivity contribution in [2.45, 2.75) is 6.54 Å². The van der Waals surface area contributed by atoms with Crippen LogP contribution in [-0.4, -0.2) is 45.2 Å². The lowest BCUT2D eigenvalue weighted by atomic mass is 10.1. The van der Waals surface area contributed by atoms with Crippen LogP contribution in [0.3, 0.4) is 0 Å². The second-order valence-corrected chi connectivity index (χ2v) is 5.32. The smallest absolute Gasteiger partial charge is 0.253 e. The molecule has 0 aliphatic heterocycles. The van der Waals surface area contributed by atoms with Crippen molar-refractivity contribution in [2.24, 2.45) is 0 Å². The molecule has 0 aliphatic carbocycles. The van der Waals surface area contributed by atoms with Crippen molar-refractivity contribution >= 4 is 5.91 Å². The summed E-state index contributed by atoms with van der Waals surface area (Å²) in [5.74, 6) is 0.696. The van der Waals surface area contributed by atoms with Crippen molar-refractivity contribution in [2.75, 3.05) is 14.2 Å². The number of nitrogens with zero attached hydrogens (tertiary/aromatic N) is 5. The van der Waals surface area contributed by atoms with Crippen LogP contribution in [0, 0.1) is 0 Å². The fourth-order valence-electron chi connectivity index (χ4n) is 2.40. The second-order valence-electron chi connectivity index (χ2n) is 5.32. The highest BCUT2D eigenvalue weighted by Crippen LogP contribution is 2.16. The Morgan fingerprint density at radius 3 is 2.79 bits per heavy atom. The highest BCUT2D eigenvalue weighted by atomic mass is 16.5. The molecule has 0 fully saturated rings. The number of hydrogen-bond acceptors (Lipinski definition) is 5. The molecule has 3 aromatic rings. The Hall–Kier alpha value is -3.22. The molecule has 7 heteroatoms. The molecule has 0 N–H and O–H groups in total.